The SMILES string of the molecule is CC.c1ccc2c(c1)CCn1ccnc1C2=C1CCNCC1. The quantitative estimate of drug-likeness (QED) is 0.804. The molecule has 22 heavy (non-hydrogen) atoms. The van der Waals surface area contributed by atoms with Crippen molar-refractivity contribution in [1.82, 2.24) is 14.9 Å². The third-order valence-electron chi connectivity index (χ3n) is 4.41. The van der Waals surface area contributed by atoms with Gasteiger partial charge in [-0.1, -0.05) is 43.7 Å². The highest BCUT2D eigenvalue weighted by atomic mass is 15.1. The van der Waals surface area contributed by atoms with E-state index in [2.05, 4.69) is 45.3 Å². The van der Waals surface area contributed by atoms with Gasteiger partial charge in [-0.3, -0.25) is 0 Å². The summed E-state index contributed by atoms with van der Waals surface area (Å²) in [6, 6.07) is 8.84. The summed E-state index contributed by atoms with van der Waals surface area (Å²) in [6.07, 6.45) is 7.41. The Hall–Kier alpha value is -1.87. The molecule has 0 radical (unpaired) electrons. The summed E-state index contributed by atoms with van der Waals surface area (Å²) in [5.74, 6) is 1.16. The molecule has 0 saturated carbocycles. The first-order valence-corrected chi connectivity index (χ1v) is 8.46. The summed E-state index contributed by atoms with van der Waals surface area (Å²) in [5.41, 5.74) is 5.81. The summed E-state index contributed by atoms with van der Waals surface area (Å²) >= 11 is 0. The van der Waals surface area contributed by atoms with E-state index >= 15 is 0 Å². The Labute approximate surface area is 133 Å². The predicted molar refractivity (Wildman–Crippen MR) is 91.8 cm³/mol. The molecule has 1 fully saturated rings. The number of aryl methyl sites for hydroxylation is 2. The molecule has 0 bridgehead atoms. The number of nitrogens with one attached hydrogen (secondary N) is 1. The van der Waals surface area contributed by atoms with Crippen LogP contribution in [-0.2, 0) is 13.0 Å². The Morgan fingerprint density at radius 3 is 2.64 bits per heavy atom. The van der Waals surface area contributed by atoms with Crippen LogP contribution in [0.15, 0.2) is 42.2 Å². The van der Waals surface area contributed by atoms with E-state index in [1.54, 1.807) is 5.57 Å². The van der Waals surface area contributed by atoms with Crippen LogP contribution in [0.25, 0.3) is 5.57 Å². The Kier molecular flexibility index (Phi) is 4.74. The minimum Gasteiger partial charge on any atom is -0.331 e. The third kappa shape index (κ3) is 2.73. The smallest absolute Gasteiger partial charge is 0.140 e. The molecule has 4 rings (SSSR count). The molecule has 3 heterocycles. The van der Waals surface area contributed by atoms with Crippen LogP contribution < -0.4 is 5.32 Å². The standard InChI is InChI=1S/C17H19N3.C2H6/c1-2-4-15-13(3-1)7-11-20-12-10-19-17(20)16(15)14-5-8-18-9-6-14;1-2/h1-4,10,12,18H,5-9,11H2;1-2H3. The van der Waals surface area contributed by atoms with Crippen molar-refractivity contribution in [3.05, 3.63) is 59.2 Å². The largest absolute Gasteiger partial charge is 0.331 e. The van der Waals surface area contributed by atoms with Crippen molar-refractivity contribution >= 4 is 5.57 Å². The van der Waals surface area contributed by atoms with Gasteiger partial charge in [-0.2, -0.15) is 0 Å². The van der Waals surface area contributed by atoms with E-state index in [0.29, 0.717) is 0 Å². The van der Waals surface area contributed by atoms with Crippen LogP contribution in [0.2, 0.25) is 0 Å². The summed E-state index contributed by atoms with van der Waals surface area (Å²) in [7, 11) is 0. The maximum absolute atomic E-state index is 4.66. The first kappa shape index (κ1) is 15.0. The van der Waals surface area contributed by atoms with Crippen LogP contribution in [0.3, 0.4) is 0 Å². The Morgan fingerprint density at radius 2 is 1.82 bits per heavy atom. The molecule has 2 aliphatic rings. The number of hydrogen-bond acceptors (Lipinski definition) is 2. The molecule has 1 aromatic carbocycles. The predicted octanol–water partition coefficient (Wildman–Crippen LogP) is 3.65. The molecular formula is C19H25N3. The van der Waals surface area contributed by atoms with Gasteiger partial charge in [-0.15, -0.1) is 0 Å². The van der Waals surface area contributed by atoms with Gasteiger partial charge in [-0.25, -0.2) is 4.98 Å². The van der Waals surface area contributed by atoms with E-state index < -0.39 is 0 Å². The summed E-state index contributed by atoms with van der Waals surface area (Å²) in [5, 5.41) is 3.45. The van der Waals surface area contributed by atoms with Crippen LogP contribution in [0, 0.1) is 0 Å². The second-order valence-electron chi connectivity index (χ2n) is 5.58. The Bertz CT molecular complexity index is 659. The Balaban J connectivity index is 0.000000693. The molecule has 2 aromatic rings. The zero-order chi connectivity index (χ0) is 15.4. The molecular weight excluding hydrogens is 270 g/mol. The van der Waals surface area contributed by atoms with Crippen LogP contribution in [0.5, 0.6) is 0 Å². The number of hydrogen-bond donors (Lipinski definition) is 1. The molecule has 0 amide bonds. The van der Waals surface area contributed by atoms with E-state index in [0.717, 1.165) is 44.7 Å². The van der Waals surface area contributed by atoms with Gasteiger partial charge in [0.05, 0.1) is 0 Å². The molecule has 0 spiro atoms. The lowest BCUT2D eigenvalue weighted by Gasteiger charge is -2.20. The summed E-state index contributed by atoms with van der Waals surface area (Å²) < 4.78 is 2.31. The van der Waals surface area contributed by atoms with Gasteiger partial charge in [-0.05, 0) is 43.5 Å². The van der Waals surface area contributed by atoms with Crippen molar-refractivity contribution < 1.29 is 0 Å². The topological polar surface area (TPSA) is 29.9 Å². The lowest BCUT2D eigenvalue weighted by atomic mass is 9.90. The van der Waals surface area contributed by atoms with Gasteiger partial charge < -0.3 is 9.88 Å². The van der Waals surface area contributed by atoms with Crippen molar-refractivity contribution in [1.29, 1.82) is 0 Å². The molecule has 3 heteroatoms. The fourth-order valence-electron chi connectivity index (χ4n) is 3.39. The summed E-state index contributed by atoms with van der Waals surface area (Å²) in [4.78, 5) is 4.66. The first-order valence-electron chi connectivity index (χ1n) is 8.46. The molecule has 1 aromatic heterocycles. The van der Waals surface area contributed by atoms with Gasteiger partial charge in [0.25, 0.3) is 0 Å². The molecule has 116 valence electrons. The van der Waals surface area contributed by atoms with Crippen LogP contribution in [0.1, 0.15) is 43.6 Å². The van der Waals surface area contributed by atoms with Crippen molar-refractivity contribution in [2.24, 2.45) is 0 Å². The number of aromatic nitrogens is 2. The fraction of sp³-hybridized carbons (Fsp3) is 0.421. The zero-order valence-electron chi connectivity index (χ0n) is 13.6. The average molecular weight is 295 g/mol. The third-order valence-corrected chi connectivity index (χ3v) is 4.41. The van der Waals surface area contributed by atoms with Gasteiger partial charge in [0.2, 0.25) is 0 Å². The number of nitrogens with zero attached hydrogens (tertiary/aromatic N) is 2. The second kappa shape index (κ2) is 6.93. The normalized spacial score (nSPS) is 17.0. The molecule has 3 nitrogen and oxygen atoms in total. The number of rotatable bonds is 0. The highest BCUT2D eigenvalue weighted by Crippen LogP contribution is 2.34. The zero-order valence-corrected chi connectivity index (χ0v) is 13.6. The van der Waals surface area contributed by atoms with Crippen molar-refractivity contribution in [2.45, 2.75) is 39.7 Å². The van der Waals surface area contributed by atoms with Gasteiger partial charge in [0.15, 0.2) is 0 Å². The first-order chi connectivity index (χ1) is 10.9. The van der Waals surface area contributed by atoms with E-state index in [9.17, 15) is 0 Å². The lowest BCUT2D eigenvalue weighted by Crippen LogP contribution is -2.24. The monoisotopic (exact) mass is 295 g/mol. The highest BCUT2D eigenvalue weighted by molar-refractivity contribution is 5.81. The highest BCUT2D eigenvalue weighted by Gasteiger charge is 2.22. The molecule has 1 saturated heterocycles. The maximum Gasteiger partial charge on any atom is 0.140 e. The van der Waals surface area contributed by atoms with Gasteiger partial charge in [0.1, 0.15) is 5.82 Å². The van der Waals surface area contributed by atoms with Crippen LogP contribution in [-0.4, -0.2) is 22.6 Å². The molecule has 2 aliphatic heterocycles. The van der Waals surface area contributed by atoms with Crippen molar-refractivity contribution in [3.8, 4) is 0 Å². The molecule has 0 unspecified atom stereocenters. The number of imidazole rings is 1. The minimum absolute atomic E-state index is 1.03. The van der Waals surface area contributed by atoms with Gasteiger partial charge in [0, 0.05) is 24.5 Å². The maximum atomic E-state index is 4.66. The summed E-state index contributed by atoms with van der Waals surface area (Å²) in [6.45, 7) is 7.20. The van der Waals surface area contributed by atoms with Crippen LogP contribution >= 0.6 is 0 Å². The minimum atomic E-state index is 1.03. The van der Waals surface area contributed by atoms with E-state index in [1.165, 1.54) is 16.7 Å². The number of benzene rings is 1. The van der Waals surface area contributed by atoms with Crippen molar-refractivity contribution in [3.63, 3.8) is 0 Å². The molecule has 0 aliphatic carbocycles. The van der Waals surface area contributed by atoms with Crippen LogP contribution in [0.4, 0.5) is 0 Å². The fourth-order valence-corrected chi connectivity index (χ4v) is 3.39. The second-order valence-corrected chi connectivity index (χ2v) is 5.58. The molecule has 0 atom stereocenters. The Morgan fingerprint density at radius 1 is 1.05 bits per heavy atom. The number of fused-ring (bicyclic) bond motifs is 2. The van der Waals surface area contributed by atoms with E-state index in [1.807, 2.05) is 20.0 Å². The molecule has 1 N–H and O–H groups in total. The average Bonchev–Trinajstić information content (AvgIpc) is 2.99. The van der Waals surface area contributed by atoms with Gasteiger partial charge >= 0.3 is 0 Å². The van der Waals surface area contributed by atoms with Crippen molar-refractivity contribution in [2.75, 3.05) is 13.1 Å². The van der Waals surface area contributed by atoms with E-state index in [-0.39, 0.29) is 0 Å². The van der Waals surface area contributed by atoms with E-state index in [4.69, 9.17) is 0 Å². The lowest BCUT2D eigenvalue weighted by molar-refractivity contribution is 0.610. The number of piperidine rings is 1.